The first-order valence-electron chi connectivity index (χ1n) is 12.1. The molecule has 1 saturated heterocycles. The van der Waals surface area contributed by atoms with Gasteiger partial charge in [0.2, 0.25) is 0 Å². The molecule has 0 aromatic heterocycles. The number of ether oxygens (including phenoxy) is 1. The zero-order chi connectivity index (χ0) is 24.3. The smallest absolute Gasteiger partial charge is 0.410 e. The summed E-state index contributed by atoms with van der Waals surface area (Å²) in [5.74, 6) is 0.822. The van der Waals surface area contributed by atoms with Crippen molar-refractivity contribution in [3.8, 4) is 0 Å². The lowest BCUT2D eigenvalue weighted by Gasteiger charge is -2.26. The van der Waals surface area contributed by atoms with Gasteiger partial charge in [-0.15, -0.1) is 11.8 Å². The Morgan fingerprint density at radius 1 is 1.18 bits per heavy atom. The number of piperidine rings is 1. The van der Waals surface area contributed by atoms with Gasteiger partial charge in [0.15, 0.2) is 0 Å². The van der Waals surface area contributed by atoms with E-state index >= 15 is 0 Å². The number of hydrogen-bond donors (Lipinski definition) is 1. The third kappa shape index (κ3) is 6.07. The van der Waals surface area contributed by atoms with Crippen LogP contribution in [0.2, 0.25) is 5.02 Å². The summed E-state index contributed by atoms with van der Waals surface area (Å²) in [6.45, 7) is 8.73. The van der Waals surface area contributed by atoms with Crippen LogP contribution in [-0.2, 0) is 23.3 Å². The van der Waals surface area contributed by atoms with Crippen molar-refractivity contribution < 1.29 is 13.9 Å². The van der Waals surface area contributed by atoms with E-state index < -0.39 is 5.60 Å². The van der Waals surface area contributed by atoms with Crippen molar-refractivity contribution in [1.82, 2.24) is 10.2 Å². The lowest BCUT2D eigenvalue weighted by Crippen LogP contribution is -2.38. The maximum atomic E-state index is 14.9. The minimum Gasteiger partial charge on any atom is -0.444 e. The number of benzene rings is 2. The second-order valence-electron chi connectivity index (χ2n) is 10.1. The Hall–Kier alpha value is -1.76. The largest absolute Gasteiger partial charge is 0.444 e. The van der Waals surface area contributed by atoms with Gasteiger partial charge in [-0.2, -0.15) is 0 Å². The zero-order valence-electron chi connectivity index (χ0n) is 20.3. The van der Waals surface area contributed by atoms with Crippen LogP contribution in [0.5, 0.6) is 0 Å². The summed E-state index contributed by atoms with van der Waals surface area (Å²) in [5.41, 5.74) is 3.82. The molecular weight excluding hydrogens is 471 g/mol. The van der Waals surface area contributed by atoms with Crippen LogP contribution in [0.15, 0.2) is 35.2 Å². The topological polar surface area (TPSA) is 41.6 Å². The Balaban J connectivity index is 1.53. The Labute approximate surface area is 211 Å². The Morgan fingerprint density at radius 2 is 1.91 bits per heavy atom. The predicted molar refractivity (Wildman–Crippen MR) is 137 cm³/mol. The van der Waals surface area contributed by atoms with Gasteiger partial charge in [-0.3, -0.25) is 0 Å². The van der Waals surface area contributed by atoms with Crippen LogP contribution in [0.25, 0.3) is 0 Å². The number of amides is 1. The lowest BCUT2D eigenvalue weighted by molar-refractivity contribution is 0.0258. The monoisotopic (exact) mass is 504 g/mol. The van der Waals surface area contributed by atoms with Gasteiger partial charge in [0, 0.05) is 23.7 Å². The van der Waals surface area contributed by atoms with Crippen LogP contribution in [0, 0.1) is 5.82 Å². The van der Waals surface area contributed by atoms with Crippen LogP contribution in [-0.4, -0.2) is 42.8 Å². The van der Waals surface area contributed by atoms with E-state index in [2.05, 4.69) is 11.4 Å². The third-order valence-corrected chi connectivity index (χ3v) is 8.14. The zero-order valence-corrected chi connectivity index (χ0v) is 21.8. The van der Waals surface area contributed by atoms with E-state index in [4.69, 9.17) is 16.3 Å². The van der Waals surface area contributed by atoms with Crippen molar-refractivity contribution in [3.05, 3.63) is 63.4 Å². The van der Waals surface area contributed by atoms with Gasteiger partial charge >= 0.3 is 6.09 Å². The summed E-state index contributed by atoms with van der Waals surface area (Å²) in [5, 5.41) is 4.09. The average Bonchev–Trinajstić information content (AvgIpc) is 3.01. The summed E-state index contributed by atoms with van der Waals surface area (Å²) >= 11 is 8.36. The molecule has 4 rings (SSSR count). The molecular formula is C27H34ClFN2O2S. The third-order valence-electron chi connectivity index (χ3n) is 6.51. The van der Waals surface area contributed by atoms with Crippen molar-refractivity contribution in [2.45, 2.75) is 68.6 Å². The highest BCUT2D eigenvalue weighted by Gasteiger charge is 2.26. The summed E-state index contributed by atoms with van der Waals surface area (Å²) in [6.07, 6.45) is 3.13. The van der Waals surface area contributed by atoms with E-state index in [0.29, 0.717) is 23.9 Å². The number of fused-ring (bicyclic) bond motifs is 1. The minimum atomic E-state index is -0.516. The van der Waals surface area contributed by atoms with Crippen molar-refractivity contribution in [1.29, 1.82) is 0 Å². The van der Waals surface area contributed by atoms with E-state index in [1.165, 1.54) is 11.1 Å². The molecule has 0 aliphatic carbocycles. The van der Waals surface area contributed by atoms with Crippen LogP contribution < -0.4 is 5.32 Å². The standard InChI is InChI=1S/C27H34ClFN2O2S/c1-27(2,3)33-26(32)31-15-11-18-7-8-22(28)25(21(18)12-16-31)34-17-20-5-4-6-23(29)24(20)19-9-13-30-14-10-19/h4-8,19,30H,9-17H2,1-3H3. The molecule has 0 saturated carbocycles. The van der Waals surface area contributed by atoms with Crippen LogP contribution in [0.3, 0.4) is 0 Å². The minimum absolute atomic E-state index is 0.101. The number of thioether (sulfide) groups is 1. The number of carbonyl (C=O) groups is 1. The number of carbonyl (C=O) groups excluding carboxylic acids is 1. The fourth-order valence-electron chi connectivity index (χ4n) is 4.85. The molecule has 2 aromatic carbocycles. The first-order valence-corrected chi connectivity index (χ1v) is 13.5. The fraction of sp³-hybridized carbons (Fsp3) is 0.519. The molecule has 0 radical (unpaired) electrons. The van der Waals surface area contributed by atoms with Crippen molar-refractivity contribution in [2.75, 3.05) is 26.2 Å². The van der Waals surface area contributed by atoms with Crippen molar-refractivity contribution in [2.24, 2.45) is 0 Å². The molecule has 1 fully saturated rings. The molecule has 7 heteroatoms. The number of nitrogens with one attached hydrogen (secondary N) is 1. The summed E-state index contributed by atoms with van der Waals surface area (Å²) < 4.78 is 20.5. The summed E-state index contributed by atoms with van der Waals surface area (Å²) in [6, 6.07) is 9.46. The molecule has 184 valence electrons. The van der Waals surface area contributed by atoms with E-state index in [0.717, 1.165) is 54.8 Å². The molecule has 0 bridgehead atoms. The quantitative estimate of drug-likeness (QED) is 0.478. The van der Waals surface area contributed by atoms with Crippen LogP contribution in [0.1, 0.15) is 61.8 Å². The van der Waals surface area contributed by atoms with Gasteiger partial charge in [-0.1, -0.05) is 29.8 Å². The predicted octanol–water partition coefficient (Wildman–Crippen LogP) is 6.57. The second kappa shape index (κ2) is 10.9. The highest BCUT2D eigenvalue weighted by atomic mass is 35.5. The molecule has 34 heavy (non-hydrogen) atoms. The number of halogens is 2. The van der Waals surface area contributed by atoms with Crippen molar-refractivity contribution >= 4 is 29.5 Å². The summed E-state index contributed by atoms with van der Waals surface area (Å²) in [7, 11) is 0. The SMILES string of the molecule is CC(C)(C)OC(=O)N1CCc2ccc(Cl)c(SCc3cccc(F)c3C3CCNCC3)c2CC1. The maximum Gasteiger partial charge on any atom is 0.410 e. The van der Waals surface area contributed by atoms with Gasteiger partial charge in [-0.05, 0) is 99.8 Å². The molecule has 0 unspecified atom stereocenters. The Kier molecular flexibility index (Phi) is 8.11. The maximum absolute atomic E-state index is 14.9. The molecule has 2 heterocycles. The number of hydrogen-bond acceptors (Lipinski definition) is 4. The molecule has 1 amide bonds. The fourth-order valence-corrected chi connectivity index (χ4v) is 6.36. The Morgan fingerprint density at radius 3 is 2.65 bits per heavy atom. The van der Waals surface area contributed by atoms with E-state index in [9.17, 15) is 9.18 Å². The lowest BCUT2D eigenvalue weighted by atomic mass is 9.87. The van der Waals surface area contributed by atoms with E-state index in [1.807, 2.05) is 39.0 Å². The van der Waals surface area contributed by atoms with Crippen LogP contribution >= 0.6 is 23.4 Å². The first kappa shape index (κ1) is 25.3. The van der Waals surface area contributed by atoms with Crippen LogP contribution in [0.4, 0.5) is 9.18 Å². The average molecular weight is 505 g/mol. The molecule has 0 atom stereocenters. The number of rotatable bonds is 4. The number of nitrogens with zero attached hydrogens (tertiary/aromatic N) is 1. The van der Waals surface area contributed by atoms with Gasteiger partial charge in [0.1, 0.15) is 11.4 Å². The van der Waals surface area contributed by atoms with Crippen molar-refractivity contribution in [3.63, 3.8) is 0 Å². The second-order valence-corrected chi connectivity index (χ2v) is 11.5. The molecule has 2 aliphatic rings. The molecule has 1 N–H and O–H groups in total. The molecule has 0 spiro atoms. The van der Waals surface area contributed by atoms with Gasteiger partial charge in [0.05, 0.1) is 5.02 Å². The van der Waals surface area contributed by atoms with E-state index in [-0.39, 0.29) is 17.8 Å². The van der Waals surface area contributed by atoms with Gasteiger partial charge in [-0.25, -0.2) is 9.18 Å². The normalized spacial score (nSPS) is 17.3. The Bertz CT molecular complexity index is 1030. The molecule has 2 aliphatic heterocycles. The molecule has 2 aromatic rings. The summed E-state index contributed by atoms with van der Waals surface area (Å²) in [4.78, 5) is 15.5. The highest BCUT2D eigenvalue weighted by Crippen LogP contribution is 2.39. The van der Waals surface area contributed by atoms with Gasteiger partial charge in [0.25, 0.3) is 0 Å². The molecule has 4 nitrogen and oxygen atoms in total. The van der Waals surface area contributed by atoms with Gasteiger partial charge < -0.3 is 15.0 Å². The first-order chi connectivity index (χ1) is 16.2. The highest BCUT2D eigenvalue weighted by molar-refractivity contribution is 7.98. The van der Waals surface area contributed by atoms with E-state index in [1.54, 1.807) is 22.7 Å².